The minimum Gasteiger partial charge on any atom is -0.396 e. The van der Waals surface area contributed by atoms with Gasteiger partial charge in [0.15, 0.2) is 22.1 Å². The normalized spacial score (nSPS) is 29.0. The molecule has 0 aliphatic heterocycles. The highest BCUT2D eigenvalue weighted by molar-refractivity contribution is 7.99. The first-order valence-electron chi connectivity index (χ1n) is 11.2. The molecule has 4 N–H and O–H groups in total. The number of halogens is 1. The van der Waals surface area contributed by atoms with Crippen molar-refractivity contribution in [2.24, 2.45) is 5.92 Å². The van der Waals surface area contributed by atoms with Gasteiger partial charge in [-0.25, -0.2) is 14.6 Å². The number of aromatic nitrogens is 5. The summed E-state index contributed by atoms with van der Waals surface area (Å²) in [6.07, 6.45) is 0.264. The minimum absolute atomic E-state index is 0.201. The summed E-state index contributed by atoms with van der Waals surface area (Å²) in [4.78, 5) is 9.40. The molecule has 2 unspecified atom stereocenters. The Kier molecular flexibility index (Phi) is 6.45. The second-order valence-electron chi connectivity index (χ2n) is 8.78. The van der Waals surface area contributed by atoms with Crippen molar-refractivity contribution in [3.8, 4) is 0 Å². The average Bonchev–Trinajstić information content (AvgIpc) is 3.36. The van der Waals surface area contributed by atoms with Crippen molar-refractivity contribution in [3.63, 3.8) is 0 Å². The van der Waals surface area contributed by atoms with Gasteiger partial charge in [0.1, 0.15) is 6.10 Å². The van der Waals surface area contributed by atoms with E-state index in [-0.39, 0.29) is 12.6 Å². The fourth-order valence-electron chi connectivity index (χ4n) is 4.55. The lowest BCUT2D eigenvalue weighted by Gasteiger charge is -2.17. The highest BCUT2D eigenvalue weighted by atomic mass is 35.5. The minimum atomic E-state index is -1.05. The Morgan fingerprint density at radius 3 is 2.79 bits per heavy atom. The molecule has 6 atom stereocenters. The standard InChI is InChI=1S/C22H27ClN6O3S/c1-2-6-33-22-25-20(24-15-9-14(15)11-4-3-5-13(23)7-11)17-21(26-22)29(28-27-17)16-8-12(10-30)18(31)19(16)32/h3-5,7,12,14-16,18-19,30-32H,2,6,8-10H2,1H3,(H,24,25,26)/t12-,14?,15?,16-,18-,19+/m0/s1. The van der Waals surface area contributed by atoms with Crippen molar-refractivity contribution in [1.82, 2.24) is 25.0 Å². The van der Waals surface area contributed by atoms with E-state index >= 15 is 0 Å². The molecule has 0 bridgehead atoms. The van der Waals surface area contributed by atoms with Gasteiger partial charge >= 0.3 is 0 Å². The van der Waals surface area contributed by atoms with E-state index in [1.807, 2.05) is 18.2 Å². The van der Waals surface area contributed by atoms with E-state index < -0.39 is 24.2 Å². The molecule has 0 amide bonds. The summed E-state index contributed by atoms with van der Waals surface area (Å²) in [7, 11) is 0. The van der Waals surface area contributed by atoms with Crippen molar-refractivity contribution in [2.75, 3.05) is 17.7 Å². The molecule has 2 saturated carbocycles. The second kappa shape index (κ2) is 9.34. The zero-order chi connectivity index (χ0) is 23.1. The lowest BCUT2D eigenvalue weighted by Crippen LogP contribution is -2.30. The van der Waals surface area contributed by atoms with Crippen molar-refractivity contribution in [3.05, 3.63) is 34.9 Å². The van der Waals surface area contributed by atoms with Crippen LogP contribution in [0, 0.1) is 5.92 Å². The Labute approximate surface area is 200 Å². The fraction of sp³-hybridized carbons (Fsp3) is 0.545. The van der Waals surface area contributed by atoms with Crippen LogP contribution in [0.3, 0.4) is 0 Å². The number of nitrogens with one attached hydrogen (secondary N) is 1. The highest BCUT2D eigenvalue weighted by Crippen LogP contribution is 2.44. The first-order chi connectivity index (χ1) is 16.0. The van der Waals surface area contributed by atoms with Crippen LogP contribution in [0.4, 0.5) is 5.82 Å². The molecule has 3 aromatic rings. The number of fused-ring (bicyclic) bond motifs is 1. The van der Waals surface area contributed by atoms with Crippen LogP contribution < -0.4 is 5.32 Å². The Balaban J connectivity index is 1.46. The van der Waals surface area contributed by atoms with Crippen LogP contribution >= 0.6 is 23.4 Å². The topological polar surface area (TPSA) is 129 Å². The van der Waals surface area contributed by atoms with Gasteiger partial charge in [0, 0.05) is 35.3 Å². The highest BCUT2D eigenvalue weighted by Gasteiger charge is 2.44. The van der Waals surface area contributed by atoms with Gasteiger partial charge < -0.3 is 20.6 Å². The Bertz CT molecular complexity index is 1150. The summed E-state index contributed by atoms with van der Waals surface area (Å²) in [5.41, 5.74) is 2.23. The zero-order valence-electron chi connectivity index (χ0n) is 18.2. The van der Waals surface area contributed by atoms with Gasteiger partial charge in [-0.15, -0.1) is 5.10 Å². The number of aliphatic hydroxyl groups excluding tert-OH is 3. The monoisotopic (exact) mass is 490 g/mol. The molecular formula is C22H27ClN6O3S. The Morgan fingerprint density at radius 1 is 1.21 bits per heavy atom. The van der Waals surface area contributed by atoms with E-state index in [1.165, 1.54) is 5.56 Å². The molecule has 2 fully saturated rings. The molecule has 11 heteroatoms. The maximum atomic E-state index is 10.6. The molecule has 2 aliphatic rings. The van der Waals surface area contributed by atoms with Crippen LogP contribution in [0.15, 0.2) is 29.4 Å². The summed E-state index contributed by atoms with van der Waals surface area (Å²) in [5.74, 6) is 1.42. The first-order valence-corrected chi connectivity index (χ1v) is 12.6. The summed E-state index contributed by atoms with van der Waals surface area (Å²) in [6.45, 7) is 1.90. The number of benzene rings is 1. The van der Waals surface area contributed by atoms with E-state index in [0.29, 0.717) is 34.5 Å². The van der Waals surface area contributed by atoms with E-state index in [1.54, 1.807) is 16.4 Å². The predicted molar refractivity (Wildman–Crippen MR) is 127 cm³/mol. The fourth-order valence-corrected chi connectivity index (χ4v) is 5.44. The van der Waals surface area contributed by atoms with Crippen LogP contribution in [0.2, 0.25) is 5.02 Å². The van der Waals surface area contributed by atoms with E-state index in [0.717, 1.165) is 23.6 Å². The number of hydrogen-bond donors (Lipinski definition) is 4. The van der Waals surface area contributed by atoms with Gasteiger partial charge in [-0.05, 0) is 37.0 Å². The van der Waals surface area contributed by atoms with Gasteiger partial charge in [-0.3, -0.25) is 0 Å². The lowest BCUT2D eigenvalue weighted by atomic mass is 10.1. The van der Waals surface area contributed by atoms with Gasteiger partial charge in [0.05, 0.1) is 12.1 Å². The third-order valence-corrected chi connectivity index (χ3v) is 7.74. The third-order valence-electron chi connectivity index (χ3n) is 6.45. The zero-order valence-corrected chi connectivity index (χ0v) is 19.7. The van der Waals surface area contributed by atoms with Crippen LogP contribution in [0.1, 0.15) is 43.7 Å². The number of thioether (sulfide) groups is 1. The number of aliphatic hydroxyl groups is 3. The molecule has 2 heterocycles. The molecule has 1 aromatic carbocycles. The van der Waals surface area contributed by atoms with E-state index in [2.05, 4.69) is 33.6 Å². The van der Waals surface area contributed by atoms with Gasteiger partial charge in [-0.1, -0.05) is 47.6 Å². The Hall–Kier alpha value is -1.98. The molecule has 176 valence electrons. The lowest BCUT2D eigenvalue weighted by molar-refractivity contribution is -0.00512. The molecule has 33 heavy (non-hydrogen) atoms. The SMILES string of the molecule is CCCSc1nc(NC2CC2c2cccc(Cl)c2)c2nnn([C@H]3C[C@@H](CO)[C@H](O)[C@@H]3O)c2n1. The molecular weight excluding hydrogens is 464 g/mol. The summed E-state index contributed by atoms with van der Waals surface area (Å²) >= 11 is 7.72. The third kappa shape index (κ3) is 4.42. The molecule has 0 radical (unpaired) electrons. The van der Waals surface area contributed by atoms with Crippen LogP contribution in [-0.4, -0.2) is 70.9 Å². The Morgan fingerprint density at radius 2 is 2.06 bits per heavy atom. The second-order valence-corrected chi connectivity index (χ2v) is 10.3. The van der Waals surface area contributed by atoms with Gasteiger partial charge in [0.25, 0.3) is 0 Å². The predicted octanol–water partition coefficient (Wildman–Crippen LogP) is 2.62. The largest absolute Gasteiger partial charge is 0.396 e. The van der Waals surface area contributed by atoms with Gasteiger partial charge in [-0.2, -0.15) is 0 Å². The van der Waals surface area contributed by atoms with Crippen molar-refractivity contribution in [2.45, 2.75) is 61.6 Å². The van der Waals surface area contributed by atoms with Crippen LogP contribution in [0.25, 0.3) is 11.2 Å². The number of rotatable bonds is 8. The molecule has 0 spiro atoms. The smallest absolute Gasteiger partial charge is 0.191 e. The summed E-state index contributed by atoms with van der Waals surface area (Å²) in [6, 6.07) is 7.59. The van der Waals surface area contributed by atoms with Crippen molar-refractivity contribution < 1.29 is 15.3 Å². The molecule has 5 rings (SSSR count). The molecule has 0 saturated heterocycles. The maximum Gasteiger partial charge on any atom is 0.191 e. The van der Waals surface area contributed by atoms with Crippen molar-refractivity contribution >= 4 is 40.3 Å². The molecule has 2 aliphatic carbocycles. The number of hydrogen-bond acceptors (Lipinski definition) is 9. The summed E-state index contributed by atoms with van der Waals surface area (Å²) < 4.78 is 1.57. The number of anilines is 1. The molecule has 2 aromatic heterocycles. The van der Waals surface area contributed by atoms with Crippen LogP contribution in [0.5, 0.6) is 0 Å². The quantitative estimate of drug-likeness (QED) is 0.278. The first kappa shape index (κ1) is 22.8. The van der Waals surface area contributed by atoms with Crippen molar-refractivity contribution in [1.29, 1.82) is 0 Å². The average molecular weight is 491 g/mol. The summed E-state index contributed by atoms with van der Waals surface area (Å²) in [5, 5.41) is 43.9. The van der Waals surface area contributed by atoms with Crippen LogP contribution in [-0.2, 0) is 0 Å². The van der Waals surface area contributed by atoms with Gasteiger partial charge in [0.2, 0.25) is 0 Å². The van der Waals surface area contributed by atoms with E-state index in [9.17, 15) is 15.3 Å². The van der Waals surface area contributed by atoms with E-state index in [4.69, 9.17) is 16.6 Å². The number of nitrogens with zero attached hydrogens (tertiary/aromatic N) is 5. The molecule has 9 nitrogen and oxygen atoms in total. The maximum absolute atomic E-state index is 10.6.